The van der Waals surface area contributed by atoms with Crippen molar-refractivity contribution < 1.29 is 0 Å². The monoisotopic (exact) mass is 301 g/mol. The largest absolute Gasteiger partial charge is 0.312 e. The van der Waals surface area contributed by atoms with Crippen molar-refractivity contribution in [2.45, 2.75) is 6.92 Å². The van der Waals surface area contributed by atoms with Gasteiger partial charge in [-0.3, -0.25) is 4.79 Å². The molecule has 4 aromatic rings. The molecule has 4 heteroatoms. The molecule has 0 spiro atoms. The fourth-order valence-corrected chi connectivity index (χ4v) is 2.81. The van der Waals surface area contributed by atoms with Gasteiger partial charge >= 0.3 is 0 Å². The number of benzene rings is 2. The van der Waals surface area contributed by atoms with Crippen molar-refractivity contribution in [1.82, 2.24) is 14.5 Å². The Morgan fingerprint density at radius 2 is 1.74 bits per heavy atom. The Balaban J connectivity index is 2.06. The van der Waals surface area contributed by atoms with Gasteiger partial charge in [0.05, 0.1) is 11.7 Å². The highest BCUT2D eigenvalue weighted by atomic mass is 16.1. The lowest BCUT2D eigenvalue weighted by molar-refractivity contribution is 1.07. The van der Waals surface area contributed by atoms with Gasteiger partial charge in [0.2, 0.25) is 0 Å². The van der Waals surface area contributed by atoms with E-state index in [0.29, 0.717) is 11.0 Å². The summed E-state index contributed by atoms with van der Waals surface area (Å²) in [4.78, 5) is 19.4. The fraction of sp³-hybridized carbons (Fsp3) is 0.0526. The highest BCUT2D eigenvalue weighted by molar-refractivity contribution is 5.94. The summed E-state index contributed by atoms with van der Waals surface area (Å²) < 4.78 is 1.96. The third-order valence-electron chi connectivity index (χ3n) is 3.99. The lowest BCUT2D eigenvalue weighted by atomic mass is 10.1. The molecule has 4 rings (SSSR count). The average Bonchev–Trinajstić information content (AvgIpc) is 2.97. The summed E-state index contributed by atoms with van der Waals surface area (Å²) in [5.74, 6) is 0. The van der Waals surface area contributed by atoms with Gasteiger partial charge in [-0.25, -0.2) is 4.98 Å². The molecule has 0 bridgehead atoms. The summed E-state index contributed by atoms with van der Waals surface area (Å²) in [6.07, 6.45) is 3.43. The first-order valence-corrected chi connectivity index (χ1v) is 7.45. The molecule has 0 aliphatic carbocycles. The van der Waals surface area contributed by atoms with Gasteiger partial charge in [0.1, 0.15) is 0 Å². The standard InChI is InChI=1S/C19H15N3O/c1-13-7-9-14(10-8-13)16-11-22(15-5-3-2-4-6-15)18-17(16)19(23)21-12-20-18/h2-12H,1H3,(H,20,21,23). The third-order valence-corrected chi connectivity index (χ3v) is 3.99. The van der Waals surface area contributed by atoms with E-state index in [1.165, 1.54) is 11.9 Å². The molecule has 2 aromatic carbocycles. The van der Waals surface area contributed by atoms with Crippen LogP contribution in [0.1, 0.15) is 5.56 Å². The molecule has 112 valence electrons. The predicted molar refractivity (Wildman–Crippen MR) is 91.9 cm³/mol. The molecule has 0 fully saturated rings. The molecular formula is C19H15N3O. The number of H-pyrrole nitrogens is 1. The lowest BCUT2D eigenvalue weighted by Crippen LogP contribution is -2.07. The maximum atomic E-state index is 12.4. The van der Waals surface area contributed by atoms with Crippen LogP contribution in [-0.4, -0.2) is 14.5 Å². The van der Waals surface area contributed by atoms with E-state index in [-0.39, 0.29) is 5.56 Å². The molecule has 2 aromatic heterocycles. The zero-order chi connectivity index (χ0) is 15.8. The average molecular weight is 301 g/mol. The van der Waals surface area contributed by atoms with E-state index in [1.54, 1.807) is 0 Å². The van der Waals surface area contributed by atoms with Crippen molar-refractivity contribution >= 4 is 11.0 Å². The quantitative estimate of drug-likeness (QED) is 0.614. The summed E-state index contributed by atoms with van der Waals surface area (Å²) in [6, 6.07) is 18.1. The molecule has 4 nitrogen and oxygen atoms in total. The van der Waals surface area contributed by atoms with Crippen LogP contribution in [0.2, 0.25) is 0 Å². The first-order chi connectivity index (χ1) is 11.2. The minimum Gasteiger partial charge on any atom is -0.312 e. The van der Waals surface area contributed by atoms with Crippen LogP contribution >= 0.6 is 0 Å². The van der Waals surface area contributed by atoms with Crippen LogP contribution < -0.4 is 5.56 Å². The number of hydrogen-bond donors (Lipinski definition) is 1. The van der Waals surface area contributed by atoms with Crippen molar-refractivity contribution in [2.24, 2.45) is 0 Å². The van der Waals surface area contributed by atoms with Gasteiger partial charge in [-0.1, -0.05) is 48.0 Å². The van der Waals surface area contributed by atoms with Crippen LogP contribution in [0.3, 0.4) is 0 Å². The van der Waals surface area contributed by atoms with E-state index >= 15 is 0 Å². The van der Waals surface area contributed by atoms with Crippen LogP contribution in [0.5, 0.6) is 0 Å². The molecule has 0 unspecified atom stereocenters. The van der Waals surface area contributed by atoms with Crippen LogP contribution in [0.25, 0.3) is 27.8 Å². The maximum absolute atomic E-state index is 12.4. The van der Waals surface area contributed by atoms with E-state index < -0.39 is 0 Å². The van der Waals surface area contributed by atoms with E-state index in [0.717, 1.165) is 16.8 Å². The number of aromatic nitrogens is 3. The van der Waals surface area contributed by atoms with Gasteiger partial charge in [0, 0.05) is 17.4 Å². The number of nitrogens with zero attached hydrogens (tertiary/aromatic N) is 2. The summed E-state index contributed by atoms with van der Waals surface area (Å²) in [5.41, 5.74) is 4.60. The molecule has 0 saturated carbocycles. The number of nitrogens with one attached hydrogen (secondary N) is 1. The lowest BCUT2D eigenvalue weighted by Gasteiger charge is -2.03. The molecule has 0 saturated heterocycles. The van der Waals surface area contributed by atoms with Gasteiger partial charge < -0.3 is 9.55 Å². The van der Waals surface area contributed by atoms with Crippen LogP contribution in [0, 0.1) is 6.92 Å². The van der Waals surface area contributed by atoms with E-state index in [9.17, 15) is 4.79 Å². The molecule has 1 N–H and O–H groups in total. The van der Waals surface area contributed by atoms with Gasteiger partial charge in [0.25, 0.3) is 5.56 Å². The number of aromatic amines is 1. The minimum atomic E-state index is -0.125. The maximum Gasteiger partial charge on any atom is 0.260 e. The van der Waals surface area contributed by atoms with Crippen molar-refractivity contribution in [2.75, 3.05) is 0 Å². The molecule has 23 heavy (non-hydrogen) atoms. The second kappa shape index (κ2) is 5.25. The number of fused-ring (bicyclic) bond motifs is 1. The molecular weight excluding hydrogens is 286 g/mol. The second-order valence-electron chi connectivity index (χ2n) is 5.54. The second-order valence-corrected chi connectivity index (χ2v) is 5.54. The molecule has 0 aliphatic rings. The zero-order valence-electron chi connectivity index (χ0n) is 12.7. The Kier molecular flexibility index (Phi) is 3.08. The van der Waals surface area contributed by atoms with Gasteiger partial charge in [-0.05, 0) is 24.6 Å². The smallest absolute Gasteiger partial charge is 0.260 e. The van der Waals surface area contributed by atoms with E-state index in [2.05, 4.69) is 9.97 Å². The van der Waals surface area contributed by atoms with Crippen LogP contribution in [0.4, 0.5) is 0 Å². The molecule has 0 radical (unpaired) electrons. The molecule has 0 amide bonds. The predicted octanol–water partition coefficient (Wildman–Crippen LogP) is 3.69. The fourth-order valence-electron chi connectivity index (χ4n) is 2.81. The minimum absolute atomic E-state index is 0.125. The third kappa shape index (κ3) is 2.25. The van der Waals surface area contributed by atoms with Crippen molar-refractivity contribution in [3.8, 4) is 16.8 Å². The van der Waals surface area contributed by atoms with E-state index in [4.69, 9.17) is 0 Å². The Morgan fingerprint density at radius 1 is 1.00 bits per heavy atom. The summed E-state index contributed by atoms with van der Waals surface area (Å²) in [5, 5.41) is 0.611. The highest BCUT2D eigenvalue weighted by Crippen LogP contribution is 2.29. The number of hydrogen-bond acceptors (Lipinski definition) is 2. The Morgan fingerprint density at radius 3 is 2.48 bits per heavy atom. The van der Waals surface area contributed by atoms with Crippen molar-refractivity contribution in [1.29, 1.82) is 0 Å². The van der Waals surface area contributed by atoms with Crippen molar-refractivity contribution in [3.63, 3.8) is 0 Å². The highest BCUT2D eigenvalue weighted by Gasteiger charge is 2.15. The molecule has 2 heterocycles. The number of rotatable bonds is 2. The zero-order valence-corrected chi connectivity index (χ0v) is 12.7. The van der Waals surface area contributed by atoms with Crippen molar-refractivity contribution in [3.05, 3.63) is 83.0 Å². The Hall–Kier alpha value is -3.14. The van der Waals surface area contributed by atoms with Crippen LogP contribution in [-0.2, 0) is 0 Å². The summed E-state index contributed by atoms with van der Waals surface area (Å²) in [7, 11) is 0. The van der Waals surface area contributed by atoms with Gasteiger partial charge in [-0.2, -0.15) is 0 Å². The van der Waals surface area contributed by atoms with Gasteiger partial charge in [0.15, 0.2) is 5.65 Å². The number of aryl methyl sites for hydroxylation is 1. The topological polar surface area (TPSA) is 50.7 Å². The first kappa shape index (κ1) is 13.5. The summed E-state index contributed by atoms with van der Waals surface area (Å²) in [6.45, 7) is 2.05. The molecule has 0 atom stereocenters. The van der Waals surface area contributed by atoms with Gasteiger partial charge in [-0.15, -0.1) is 0 Å². The first-order valence-electron chi connectivity index (χ1n) is 7.45. The number of para-hydroxylation sites is 1. The van der Waals surface area contributed by atoms with Crippen LogP contribution in [0.15, 0.2) is 71.9 Å². The normalized spacial score (nSPS) is 11.0. The Labute approximate surface area is 133 Å². The Bertz CT molecular complexity index is 1030. The molecule has 0 aliphatic heterocycles. The van der Waals surface area contributed by atoms with E-state index in [1.807, 2.05) is 72.3 Å². The summed E-state index contributed by atoms with van der Waals surface area (Å²) >= 11 is 0. The SMILES string of the molecule is Cc1ccc(-c2cn(-c3ccccc3)c3nc[nH]c(=O)c23)cc1.